The molecular weight excluding hydrogens is 174 g/mol. The summed E-state index contributed by atoms with van der Waals surface area (Å²) in [6.45, 7) is 4.99. The second-order valence-corrected chi connectivity index (χ2v) is 4.71. The molecule has 2 aliphatic carbocycles. The molecule has 0 aromatic rings. The van der Waals surface area contributed by atoms with Gasteiger partial charge in [-0.1, -0.05) is 0 Å². The van der Waals surface area contributed by atoms with Crippen molar-refractivity contribution in [2.45, 2.75) is 45.1 Å². The van der Waals surface area contributed by atoms with Crippen molar-refractivity contribution in [2.75, 3.05) is 19.8 Å². The first-order valence-corrected chi connectivity index (χ1v) is 6.23. The predicted octanol–water partition coefficient (Wildman–Crippen LogP) is 2.19. The fourth-order valence-electron chi connectivity index (χ4n) is 2.22. The van der Waals surface area contributed by atoms with E-state index >= 15 is 0 Å². The number of ether oxygens (including phenoxy) is 1. The predicted molar refractivity (Wildman–Crippen MR) is 58.3 cm³/mol. The van der Waals surface area contributed by atoms with Gasteiger partial charge in [-0.15, -0.1) is 0 Å². The smallest absolute Gasteiger partial charge is 0.0477 e. The molecule has 0 atom stereocenters. The van der Waals surface area contributed by atoms with Gasteiger partial charge in [0.2, 0.25) is 0 Å². The van der Waals surface area contributed by atoms with E-state index < -0.39 is 0 Å². The number of rotatable bonds is 8. The molecule has 0 spiro atoms. The maximum absolute atomic E-state index is 5.33. The lowest BCUT2D eigenvalue weighted by Gasteiger charge is -2.17. The third-order valence-electron chi connectivity index (χ3n) is 3.31. The van der Waals surface area contributed by atoms with Gasteiger partial charge in [-0.25, -0.2) is 0 Å². The third-order valence-corrected chi connectivity index (χ3v) is 3.31. The van der Waals surface area contributed by atoms with Gasteiger partial charge < -0.3 is 10.1 Å². The highest BCUT2D eigenvalue weighted by atomic mass is 16.5. The standard InChI is InChI=1S/C12H23NO/c1-2-14-9-3-8-13-12(10-4-5-10)11-6-7-11/h10-13H,2-9H2,1H3. The highest BCUT2D eigenvalue weighted by molar-refractivity contribution is 4.96. The van der Waals surface area contributed by atoms with E-state index in [1.165, 1.54) is 32.1 Å². The molecule has 0 bridgehead atoms. The van der Waals surface area contributed by atoms with E-state index in [0.717, 1.165) is 37.6 Å². The van der Waals surface area contributed by atoms with Crippen molar-refractivity contribution in [3.8, 4) is 0 Å². The molecule has 82 valence electrons. The summed E-state index contributed by atoms with van der Waals surface area (Å²) in [5, 5.41) is 3.72. The molecular formula is C12H23NO. The average Bonchev–Trinajstić information content (AvgIpc) is 3.03. The average molecular weight is 197 g/mol. The van der Waals surface area contributed by atoms with E-state index in [4.69, 9.17) is 4.74 Å². The monoisotopic (exact) mass is 197 g/mol. The topological polar surface area (TPSA) is 21.3 Å². The first-order chi connectivity index (χ1) is 6.92. The molecule has 2 nitrogen and oxygen atoms in total. The summed E-state index contributed by atoms with van der Waals surface area (Å²) in [6, 6.07) is 0.858. The first kappa shape index (κ1) is 10.4. The van der Waals surface area contributed by atoms with E-state index in [1.54, 1.807) is 0 Å². The number of hydrogen-bond acceptors (Lipinski definition) is 2. The molecule has 2 saturated carbocycles. The lowest BCUT2D eigenvalue weighted by atomic mass is 10.1. The maximum atomic E-state index is 5.33. The van der Waals surface area contributed by atoms with Crippen molar-refractivity contribution in [1.29, 1.82) is 0 Å². The Morgan fingerprint density at radius 1 is 1.21 bits per heavy atom. The largest absolute Gasteiger partial charge is 0.382 e. The first-order valence-electron chi connectivity index (χ1n) is 6.23. The van der Waals surface area contributed by atoms with Crippen molar-refractivity contribution in [3.63, 3.8) is 0 Å². The van der Waals surface area contributed by atoms with Crippen LogP contribution in [0.3, 0.4) is 0 Å². The highest BCUT2D eigenvalue weighted by Crippen LogP contribution is 2.44. The summed E-state index contributed by atoms with van der Waals surface area (Å²) in [6.07, 6.45) is 7.06. The van der Waals surface area contributed by atoms with Crippen LogP contribution >= 0.6 is 0 Å². The normalized spacial score (nSPS) is 21.9. The van der Waals surface area contributed by atoms with Crippen LogP contribution in [0.1, 0.15) is 39.0 Å². The van der Waals surface area contributed by atoms with Crippen LogP contribution in [0, 0.1) is 11.8 Å². The molecule has 2 heteroatoms. The summed E-state index contributed by atoms with van der Waals surface area (Å²) in [7, 11) is 0. The van der Waals surface area contributed by atoms with Crippen molar-refractivity contribution >= 4 is 0 Å². The lowest BCUT2D eigenvalue weighted by Crippen LogP contribution is -2.34. The zero-order chi connectivity index (χ0) is 9.80. The molecule has 0 amide bonds. The van der Waals surface area contributed by atoms with E-state index in [-0.39, 0.29) is 0 Å². The van der Waals surface area contributed by atoms with Gasteiger partial charge in [0, 0.05) is 19.3 Å². The molecule has 0 radical (unpaired) electrons. The Balaban J connectivity index is 1.53. The fourth-order valence-corrected chi connectivity index (χ4v) is 2.22. The molecule has 2 aliphatic rings. The molecule has 0 heterocycles. The molecule has 14 heavy (non-hydrogen) atoms. The van der Waals surface area contributed by atoms with Crippen LogP contribution in [-0.2, 0) is 4.74 Å². The lowest BCUT2D eigenvalue weighted by molar-refractivity contribution is 0.143. The molecule has 0 unspecified atom stereocenters. The summed E-state index contributed by atoms with van der Waals surface area (Å²) in [5.41, 5.74) is 0. The quantitative estimate of drug-likeness (QED) is 0.602. The molecule has 0 aromatic carbocycles. The summed E-state index contributed by atoms with van der Waals surface area (Å²) in [5.74, 6) is 2.05. The van der Waals surface area contributed by atoms with Crippen molar-refractivity contribution in [1.82, 2.24) is 5.32 Å². The zero-order valence-corrected chi connectivity index (χ0v) is 9.30. The zero-order valence-electron chi connectivity index (χ0n) is 9.30. The van der Waals surface area contributed by atoms with Crippen LogP contribution in [-0.4, -0.2) is 25.8 Å². The minimum atomic E-state index is 0.856. The second kappa shape index (κ2) is 5.13. The Bertz CT molecular complexity index is 152. The summed E-state index contributed by atoms with van der Waals surface area (Å²) in [4.78, 5) is 0. The van der Waals surface area contributed by atoms with E-state index in [0.29, 0.717) is 0 Å². The molecule has 1 N–H and O–H groups in total. The highest BCUT2D eigenvalue weighted by Gasteiger charge is 2.40. The van der Waals surface area contributed by atoms with Gasteiger partial charge in [-0.2, -0.15) is 0 Å². The van der Waals surface area contributed by atoms with Gasteiger partial charge in [-0.3, -0.25) is 0 Å². The number of nitrogens with one attached hydrogen (secondary N) is 1. The molecule has 2 rings (SSSR count). The number of hydrogen-bond donors (Lipinski definition) is 1. The van der Waals surface area contributed by atoms with E-state index in [9.17, 15) is 0 Å². The van der Waals surface area contributed by atoms with Gasteiger partial charge in [-0.05, 0) is 57.4 Å². The SMILES string of the molecule is CCOCCCNC(C1CC1)C1CC1. The van der Waals surface area contributed by atoms with Gasteiger partial charge in [0.05, 0.1) is 0 Å². The Kier molecular flexibility index (Phi) is 3.82. The van der Waals surface area contributed by atoms with Crippen LogP contribution in [0.25, 0.3) is 0 Å². The van der Waals surface area contributed by atoms with E-state index in [1.807, 2.05) is 0 Å². The summed E-state index contributed by atoms with van der Waals surface area (Å²) < 4.78 is 5.33. The van der Waals surface area contributed by atoms with Gasteiger partial charge in [0.1, 0.15) is 0 Å². The Morgan fingerprint density at radius 2 is 1.86 bits per heavy atom. The second-order valence-electron chi connectivity index (χ2n) is 4.71. The maximum Gasteiger partial charge on any atom is 0.0477 e. The van der Waals surface area contributed by atoms with E-state index in [2.05, 4.69) is 12.2 Å². The molecule has 2 fully saturated rings. The fraction of sp³-hybridized carbons (Fsp3) is 1.00. The van der Waals surface area contributed by atoms with Crippen molar-refractivity contribution < 1.29 is 4.74 Å². The summed E-state index contributed by atoms with van der Waals surface area (Å²) >= 11 is 0. The van der Waals surface area contributed by atoms with Crippen LogP contribution in [0.4, 0.5) is 0 Å². The minimum absolute atomic E-state index is 0.856. The van der Waals surface area contributed by atoms with Crippen LogP contribution in [0.2, 0.25) is 0 Å². The van der Waals surface area contributed by atoms with Gasteiger partial charge in [0.25, 0.3) is 0 Å². The third kappa shape index (κ3) is 3.25. The molecule has 0 saturated heterocycles. The minimum Gasteiger partial charge on any atom is -0.382 e. The van der Waals surface area contributed by atoms with Crippen molar-refractivity contribution in [2.24, 2.45) is 11.8 Å². The Hall–Kier alpha value is -0.0800. The van der Waals surface area contributed by atoms with Gasteiger partial charge >= 0.3 is 0 Å². The van der Waals surface area contributed by atoms with Crippen molar-refractivity contribution in [3.05, 3.63) is 0 Å². The Morgan fingerprint density at radius 3 is 2.36 bits per heavy atom. The molecule has 0 aliphatic heterocycles. The van der Waals surface area contributed by atoms with Crippen LogP contribution in [0.15, 0.2) is 0 Å². The van der Waals surface area contributed by atoms with Gasteiger partial charge in [0.15, 0.2) is 0 Å². The van der Waals surface area contributed by atoms with Crippen LogP contribution in [0.5, 0.6) is 0 Å². The molecule has 0 aromatic heterocycles. The Labute approximate surface area is 87.4 Å². The van der Waals surface area contributed by atoms with Crippen LogP contribution < -0.4 is 5.32 Å².